The molecule has 0 aromatic rings. The molecule has 0 radical (unpaired) electrons. The summed E-state index contributed by atoms with van der Waals surface area (Å²) in [5.41, 5.74) is -0.246. The summed E-state index contributed by atoms with van der Waals surface area (Å²) in [5.74, 6) is -0.0585. The van der Waals surface area contributed by atoms with E-state index in [1.54, 1.807) is 0 Å². The summed E-state index contributed by atoms with van der Waals surface area (Å²) in [6, 6.07) is 0. The minimum Gasteiger partial charge on any atom is -0.462 e. The Morgan fingerprint density at radius 1 is 1.45 bits per heavy atom. The lowest BCUT2D eigenvalue weighted by atomic mass is 10.0. The Morgan fingerprint density at radius 2 is 2.09 bits per heavy atom. The Morgan fingerprint density at radius 3 is 2.64 bits per heavy atom. The van der Waals surface area contributed by atoms with E-state index in [0.29, 0.717) is 6.61 Å². The van der Waals surface area contributed by atoms with Gasteiger partial charge in [0.15, 0.2) is 0 Å². The summed E-state index contributed by atoms with van der Waals surface area (Å²) < 4.78 is 5.07. The molecule has 2 aliphatic heterocycles. The van der Waals surface area contributed by atoms with E-state index in [9.17, 15) is 4.79 Å². The summed E-state index contributed by atoms with van der Waals surface area (Å²) >= 11 is 0. The molecule has 62 valence electrons. The van der Waals surface area contributed by atoms with E-state index < -0.39 is 0 Å². The van der Waals surface area contributed by atoms with E-state index in [4.69, 9.17) is 4.74 Å². The summed E-state index contributed by atoms with van der Waals surface area (Å²) in [5, 5.41) is 0. The molecule has 0 saturated carbocycles. The molecule has 3 nitrogen and oxygen atoms in total. The van der Waals surface area contributed by atoms with Crippen LogP contribution in [0.3, 0.4) is 0 Å². The number of cyclic esters (lactones) is 1. The van der Waals surface area contributed by atoms with Gasteiger partial charge in [0.2, 0.25) is 0 Å². The molecule has 0 amide bonds. The first-order chi connectivity index (χ1) is 4.97. The third-order valence-corrected chi connectivity index (χ3v) is 2.69. The van der Waals surface area contributed by atoms with Crippen LogP contribution in [0.25, 0.3) is 0 Å². The van der Waals surface area contributed by atoms with Gasteiger partial charge in [-0.25, -0.2) is 4.79 Å². The molecule has 2 saturated heterocycles. The minimum absolute atomic E-state index is 0.0443. The van der Waals surface area contributed by atoms with Crippen LogP contribution in [0, 0.1) is 0 Å². The van der Waals surface area contributed by atoms with Crippen molar-refractivity contribution in [1.29, 1.82) is 0 Å². The highest BCUT2D eigenvalue weighted by Gasteiger charge is 2.64. The fourth-order valence-corrected chi connectivity index (χ4v) is 1.80. The monoisotopic (exact) mass is 155 g/mol. The van der Waals surface area contributed by atoms with Gasteiger partial charge in [-0.15, -0.1) is 0 Å². The lowest BCUT2D eigenvalue weighted by Gasteiger charge is -2.33. The van der Waals surface area contributed by atoms with Crippen LogP contribution in [0.15, 0.2) is 0 Å². The topological polar surface area (TPSA) is 29.3 Å². The van der Waals surface area contributed by atoms with Crippen molar-refractivity contribution < 1.29 is 9.53 Å². The van der Waals surface area contributed by atoms with Crippen LogP contribution in [0.4, 0.5) is 0 Å². The predicted molar refractivity (Wildman–Crippen MR) is 40.1 cm³/mol. The second-order valence-corrected chi connectivity index (χ2v) is 4.25. The first kappa shape index (κ1) is 7.10. The van der Waals surface area contributed by atoms with Gasteiger partial charge >= 0.3 is 5.97 Å². The Kier molecular flexibility index (Phi) is 1.04. The summed E-state index contributed by atoms with van der Waals surface area (Å²) in [4.78, 5) is 13.4. The van der Waals surface area contributed by atoms with Gasteiger partial charge in [0.05, 0.1) is 5.54 Å². The van der Waals surface area contributed by atoms with Crippen molar-refractivity contribution >= 4 is 5.97 Å². The molecule has 0 aromatic heterocycles. The van der Waals surface area contributed by atoms with Crippen molar-refractivity contribution in [2.24, 2.45) is 0 Å². The van der Waals surface area contributed by atoms with Gasteiger partial charge in [-0.3, -0.25) is 4.90 Å². The number of nitrogens with zero attached hydrogens (tertiary/aromatic N) is 1. The fourth-order valence-electron chi connectivity index (χ4n) is 1.80. The number of carbonyl (C=O) groups is 1. The maximum Gasteiger partial charge on any atom is 0.327 e. The van der Waals surface area contributed by atoms with Crippen molar-refractivity contribution in [3.8, 4) is 0 Å². The van der Waals surface area contributed by atoms with E-state index in [2.05, 4.69) is 18.7 Å². The average molecular weight is 155 g/mol. The third kappa shape index (κ3) is 0.745. The van der Waals surface area contributed by atoms with Crippen LogP contribution in [0.2, 0.25) is 0 Å². The number of rotatable bonds is 0. The van der Waals surface area contributed by atoms with Crippen LogP contribution in [0.1, 0.15) is 20.8 Å². The Hall–Kier alpha value is -0.570. The Labute approximate surface area is 66.3 Å². The van der Waals surface area contributed by atoms with Crippen LogP contribution in [-0.4, -0.2) is 35.1 Å². The fraction of sp³-hybridized carbons (Fsp3) is 0.875. The lowest BCUT2D eigenvalue weighted by Crippen LogP contribution is -2.48. The molecule has 0 spiro atoms. The van der Waals surface area contributed by atoms with Crippen molar-refractivity contribution in [3.05, 3.63) is 0 Å². The van der Waals surface area contributed by atoms with Gasteiger partial charge in [-0.1, -0.05) is 0 Å². The molecule has 2 rings (SSSR count). The maximum absolute atomic E-state index is 11.2. The molecule has 0 aromatic carbocycles. The summed E-state index contributed by atoms with van der Waals surface area (Å²) in [6.07, 6.45) is 0. The molecule has 2 fully saturated rings. The van der Waals surface area contributed by atoms with Gasteiger partial charge < -0.3 is 4.74 Å². The van der Waals surface area contributed by atoms with Gasteiger partial charge in [0, 0.05) is 6.54 Å². The molecule has 2 unspecified atom stereocenters. The normalized spacial score (nSPS) is 46.1. The average Bonchev–Trinajstić information content (AvgIpc) is 2.58. The number of hydrogen-bond donors (Lipinski definition) is 0. The number of esters is 1. The predicted octanol–water partition coefficient (Wildman–Crippen LogP) is 0.396. The zero-order valence-corrected chi connectivity index (χ0v) is 7.18. The van der Waals surface area contributed by atoms with Crippen LogP contribution in [-0.2, 0) is 9.53 Å². The number of carbonyl (C=O) groups excluding carboxylic acids is 1. The molecule has 2 aliphatic rings. The van der Waals surface area contributed by atoms with Gasteiger partial charge in [-0.2, -0.15) is 0 Å². The van der Waals surface area contributed by atoms with E-state index in [0.717, 1.165) is 6.54 Å². The quantitative estimate of drug-likeness (QED) is 0.374. The van der Waals surface area contributed by atoms with Crippen LogP contribution < -0.4 is 0 Å². The summed E-state index contributed by atoms with van der Waals surface area (Å²) in [6.45, 7) is 7.53. The SMILES string of the molecule is CC1(C)COC(=O)C2(C)CN12. The molecular weight excluding hydrogens is 142 g/mol. The van der Waals surface area contributed by atoms with Crippen molar-refractivity contribution in [2.75, 3.05) is 13.2 Å². The highest BCUT2D eigenvalue weighted by Crippen LogP contribution is 2.43. The van der Waals surface area contributed by atoms with Crippen LogP contribution >= 0.6 is 0 Å². The van der Waals surface area contributed by atoms with Crippen molar-refractivity contribution in [2.45, 2.75) is 31.8 Å². The largest absolute Gasteiger partial charge is 0.462 e. The third-order valence-electron chi connectivity index (χ3n) is 2.69. The number of ether oxygens (including phenoxy) is 1. The number of fused-ring (bicyclic) bond motifs is 1. The van der Waals surface area contributed by atoms with Gasteiger partial charge in [0.25, 0.3) is 0 Å². The molecule has 0 bridgehead atoms. The summed E-state index contributed by atoms with van der Waals surface area (Å²) in [7, 11) is 0. The van der Waals surface area contributed by atoms with E-state index in [-0.39, 0.29) is 17.0 Å². The molecule has 3 heteroatoms. The zero-order valence-electron chi connectivity index (χ0n) is 7.18. The first-order valence-electron chi connectivity index (χ1n) is 3.92. The maximum atomic E-state index is 11.2. The second-order valence-electron chi connectivity index (χ2n) is 4.25. The van der Waals surface area contributed by atoms with Gasteiger partial charge in [0.1, 0.15) is 12.1 Å². The smallest absolute Gasteiger partial charge is 0.327 e. The number of hydrogen-bond acceptors (Lipinski definition) is 3. The Balaban J connectivity index is 2.26. The second kappa shape index (κ2) is 1.61. The molecule has 2 heterocycles. The zero-order chi connectivity index (χ0) is 8.28. The molecule has 11 heavy (non-hydrogen) atoms. The standard InChI is InChI=1S/C8H13NO2/c1-7(2)5-11-6(10)8(3)4-9(7)8/h4-5H2,1-3H3. The molecule has 0 aliphatic carbocycles. The Bertz CT molecular complexity index is 224. The van der Waals surface area contributed by atoms with E-state index in [1.165, 1.54) is 0 Å². The molecule has 2 atom stereocenters. The van der Waals surface area contributed by atoms with Gasteiger partial charge in [-0.05, 0) is 20.8 Å². The first-order valence-corrected chi connectivity index (χ1v) is 3.92. The highest BCUT2D eigenvalue weighted by molar-refractivity contribution is 5.85. The molecular formula is C8H13NO2. The lowest BCUT2D eigenvalue weighted by molar-refractivity contribution is -0.157. The minimum atomic E-state index is -0.290. The highest BCUT2D eigenvalue weighted by atomic mass is 16.5. The van der Waals surface area contributed by atoms with Crippen LogP contribution in [0.5, 0.6) is 0 Å². The van der Waals surface area contributed by atoms with E-state index >= 15 is 0 Å². The van der Waals surface area contributed by atoms with Crippen molar-refractivity contribution in [1.82, 2.24) is 4.90 Å². The van der Waals surface area contributed by atoms with E-state index in [1.807, 2.05) is 6.92 Å². The van der Waals surface area contributed by atoms with Crippen molar-refractivity contribution in [3.63, 3.8) is 0 Å². The number of morpholine rings is 1. The molecule has 0 N–H and O–H groups in total.